The van der Waals surface area contributed by atoms with Gasteiger partial charge in [0.25, 0.3) is 0 Å². The van der Waals surface area contributed by atoms with Crippen LogP contribution in [0.3, 0.4) is 0 Å². The summed E-state index contributed by atoms with van der Waals surface area (Å²) in [6, 6.07) is 37.5. The molecule has 0 aliphatic heterocycles. The summed E-state index contributed by atoms with van der Waals surface area (Å²) < 4.78 is 343. The Kier molecular flexibility index (Phi) is 16.5. The molecule has 1 aromatic heterocycles. The van der Waals surface area contributed by atoms with Crippen LogP contribution in [0.5, 0.6) is 0 Å². The normalized spacial score (nSPS) is 13.3. The largest absolute Gasteiger partial charge is 0.416 e. The van der Waals surface area contributed by atoms with Gasteiger partial charge in [-0.3, -0.25) is 0 Å². The first-order chi connectivity index (χ1) is 42.6. The predicted octanol–water partition coefficient (Wildman–Crippen LogP) is 19.5. The van der Waals surface area contributed by atoms with Gasteiger partial charge >= 0.3 is 49.4 Å². The zero-order valence-corrected chi connectivity index (χ0v) is 45.9. The van der Waals surface area contributed by atoms with Gasteiger partial charge < -0.3 is 0 Å². The lowest BCUT2D eigenvalue weighted by Gasteiger charge is -2.46. The van der Waals surface area contributed by atoms with Crippen molar-refractivity contribution in [3.05, 3.63) is 256 Å². The van der Waals surface area contributed by atoms with E-state index in [1.54, 1.807) is 0 Å². The van der Waals surface area contributed by atoms with Crippen LogP contribution in [0.15, 0.2) is 206 Å². The highest BCUT2D eigenvalue weighted by atomic mass is 19.4. The van der Waals surface area contributed by atoms with Gasteiger partial charge in [-0.05, 0) is 86.2 Å². The molecule has 11 rings (SSSR count). The molecule has 26 heteroatoms. The van der Waals surface area contributed by atoms with E-state index in [2.05, 4.69) is 138 Å². The summed E-state index contributed by atoms with van der Waals surface area (Å²) in [5, 5.41) is 10.2. The molecule has 0 saturated carbocycles. The van der Waals surface area contributed by atoms with Gasteiger partial charge in [0.2, 0.25) is 5.69 Å². The van der Waals surface area contributed by atoms with E-state index in [0.29, 0.717) is 0 Å². The lowest BCUT2D eigenvalue weighted by Crippen LogP contribution is -2.75. The van der Waals surface area contributed by atoms with Crippen LogP contribution < -0.4 is 26.4 Å². The van der Waals surface area contributed by atoms with Gasteiger partial charge in [-0.25, -0.2) is 0 Å². The fourth-order valence-corrected chi connectivity index (χ4v) is 11.5. The van der Waals surface area contributed by atoms with Gasteiger partial charge in [0.1, 0.15) is 6.15 Å². The number of pyridine rings is 1. The first-order valence-corrected chi connectivity index (χ1v) is 26.8. The Morgan fingerprint density at radius 3 is 0.902 bits per heavy atom. The van der Waals surface area contributed by atoms with Gasteiger partial charge in [-0.15, -0.1) is 0 Å². The minimum absolute atomic E-state index is 0.691. The molecule has 11 aromatic rings. The van der Waals surface area contributed by atoms with E-state index in [9.17, 15) is 105 Å². The van der Waals surface area contributed by atoms with Crippen LogP contribution >= 0.6 is 0 Å². The smallest absolute Gasteiger partial charge is 0.194 e. The predicted molar refractivity (Wildman–Crippen MR) is 298 cm³/mol. The van der Waals surface area contributed by atoms with Gasteiger partial charge in [0, 0.05) is 11.6 Å². The molecule has 0 aliphatic rings. The fraction of sp³-hybridized carbons (Fsp3) is 0.136. The Hall–Kier alpha value is -9.23. The summed E-state index contributed by atoms with van der Waals surface area (Å²) in [6.07, 6.45) is -52.6. The average Bonchev–Trinajstić information content (AvgIpc) is 0.715. The van der Waals surface area contributed by atoms with Crippen molar-refractivity contribution in [2.24, 2.45) is 0 Å². The molecule has 0 unspecified atom stereocenters. The number of halogens is 24. The Bertz CT molecular complexity index is 4160. The van der Waals surface area contributed by atoms with Crippen molar-refractivity contribution in [2.45, 2.75) is 56.0 Å². The second-order valence-electron chi connectivity index (χ2n) is 21.5. The number of hydrogen-bond acceptors (Lipinski definition) is 0. The molecule has 0 atom stereocenters. The van der Waals surface area contributed by atoms with Crippen LogP contribution in [0.1, 0.15) is 50.1 Å². The topological polar surface area (TPSA) is 3.88 Å². The van der Waals surface area contributed by atoms with Crippen molar-refractivity contribution < 1.29 is 110 Å². The van der Waals surface area contributed by atoms with Gasteiger partial charge in [-0.1, -0.05) is 146 Å². The van der Waals surface area contributed by atoms with Crippen molar-refractivity contribution in [2.75, 3.05) is 0 Å². The minimum Gasteiger partial charge on any atom is -0.194 e. The zero-order chi connectivity index (χ0) is 67.1. The van der Waals surface area contributed by atoms with E-state index in [4.69, 9.17) is 0 Å². The molecule has 0 aliphatic carbocycles. The van der Waals surface area contributed by atoms with E-state index in [0.717, 1.165) is 6.54 Å². The quantitative estimate of drug-likeness (QED) is 0.0648. The number of aromatic nitrogens is 1. The lowest BCUT2D eigenvalue weighted by molar-refractivity contribution is -0.676. The average molecular weight is 1310 g/mol. The molecular weight excluding hydrogens is 1270 g/mol. The standard InChI is InChI=1S/C34H24N.C32H12BF24/c1-2-10-24(11-3-1)23-35-19-18-25-12-6-9-17-31(25)34(35)33-30-16-8-7-15-28(30)21-29-20-26-13-4-5-14-27(26)22-32(29)33;34-25(35,36)13-1-14(26(37,38)39)6-21(5-13)33(22-7-15(27(40,41)42)2-16(8-22)28(43,44)45,23-9-17(29(46,47)48)3-18(10-23)30(49,50)51)24-11-19(31(52,53)54)4-20(12-24)32(55,56)57/h1-22H,23H2;1-12H/q+1;-1. The van der Waals surface area contributed by atoms with E-state index in [1.165, 1.54) is 59.9 Å². The van der Waals surface area contributed by atoms with Crippen molar-refractivity contribution in [3.8, 4) is 11.3 Å². The molecule has 0 fully saturated rings. The summed E-state index contributed by atoms with van der Waals surface area (Å²) in [5.74, 6) is 0. The second kappa shape index (κ2) is 23.2. The summed E-state index contributed by atoms with van der Waals surface area (Å²) in [5.41, 5.74) is -26.3. The van der Waals surface area contributed by atoms with Crippen LogP contribution in [0.2, 0.25) is 0 Å². The van der Waals surface area contributed by atoms with E-state index >= 15 is 0 Å². The third-order valence-corrected chi connectivity index (χ3v) is 15.5. The Balaban J connectivity index is 0.000000223. The molecule has 10 aromatic carbocycles. The van der Waals surface area contributed by atoms with Gasteiger partial charge in [-0.2, -0.15) is 132 Å². The highest BCUT2D eigenvalue weighted by Gasteiger charge is 2.47. The van der Waals surface area contributed by atoms with Crippen molar-refractivity contribution in [1.29, 1.82) is 0 Å². The highest BCUT2D eigenvalue weighted by Crippen LogP contribution is 2.44. The Morgan fingerprint density at radius 1 is 0.250 bits per heavy atom. The van der Waals surface area contributed by atoms with Crippen LogP contribution in [0.4, 0.5) is 105 Å². The van der Waals surface area contributed by atoms with E-state index in [1.807, 2.05) is 0 Å². The summed E-state index contributed by atoms with van der Waals surface area (Å²) in [7, 11) is 0. The highest BCUT2D eigenvalue weighted by molar-refractivity contribution is 7.20. The van der Waals surface area contributed by atoms with Gasteiger partial charge in [0.15, 0.2) is 12.7 Å². The number of fused-ring (bicyclic) bond motifs is 4. The van der Waals surface area contributed by atoms with Crippen LogP contribution in [0.25, 0.3) is 54.3 Å². The maximum atomic E-state index is 14.2. The molecule has 1 heterocycles. The maximum absolute atomic E-state index is 14.2. The Labute approximate surface area is 503 Å². The summed E-state index contributed by atoms with van der Waals surface area (Å²) in [6.45, 7) is 0.819. The first-order valence-electron chi connectivity index (χ1n) is 26.8. The number of rotatable bonds is 7. The molecule has 0 radical (unpaired) electrons. The minimum atomic E-state index is -6.13. The van der Waals surface area contributed by atoms with Gasteiger partial charge in [0.05, 0.1) is 55.5 Å². The molecule has 0 spiro atoms. The zero-order valence-electron chi connectivity index (χ0n) is 45.9. The maximum Gasteiger partial charge on any atom is 0.416 e. The van der Waals surface area contributed by atoms with Crippen LogP contribution in [0, 0.1) is 0 Å². The lowest BCUT2D eigenvalue weighted by atomic mass is 9.12. The van der Waals surface area contributed by atoms with Crippen molar-refractivity contribution in [3.63, 3.8) is 0 Å². The molecule has 1 nitrogen and oxygen atoms in total. The fourth-order valence-electron chi connectivity index (χ4n) is 11.5. The van der Waals surface area contributed by atoms with Crippen molar-refractivity contribution in [1.82, 2.24) is 0 Å². The van der Waals surface area contributed by atoms with Crippen molar-refractivity contribution >= 4 is 71.1 Å². The monoisotopic (exact) mass is 1310 g/mol. The first kappa shape index (κ1) is 65.7. The molecule has 0 bridgehead atoms. The third-order valence-electron chi connectivity index (χ3n) is 15.5. The summed E-state index contributed by atoms with van der Waals surface area (Å²) in [4.78, 5) is 0. The third kappa shape index (κ3) is 13.3. The SMILES string of the molecule is FC(F)(F)c1cc([B-](c2cc(C(F)(F)F)cc(C(F)(F)F)c2)(c2cc(C(F)(F)F)cc(C(F)(F)F)c2)c2cc(C(F)(F)F)cc(C(F)(F)F)c2)cc(C(F)(F)F)c1.c1ccc(C[n+]2ccc3ccccc3c2-c2c3ccccc3cc3cc4ccccc4cc23)cc1. The van der Waals surface area contributed by atoms with E-state index in [-0.39, 0.29) is 0 Å². The number of benzene rings is 10. The second-order valence-corrected chi connectivity index (χ2v) is 21.5. The van der Waals surface area contributed by atoms with Crippen LogP contribution in [-0.4, -0.2) is 6.15 Å². The number of hydrogen-bond donors (Lipinski definition) is 0. The molecule has 92 heavy (non-hydrogen) atoms. The summed E-state index contributed by atoms with van der Waals surface area (Å²) >= 11 is 0. The molecule has 0 N–H and O–H groups in total. The number of alkyl halides is 24. The number of nitrogens with zero attached hydrogens (tertiary/aromatic N) is 1. The molecule has 0 saturated heterocycles. The molecular formula is C66H36BF24N. The molecule has 0 amide bonds. The van der Waals surface area contributed by atoms with Crippen LogP contribution in [-0.2, 0) is 56.0 Å². The molecule has 476 valence electrons. The van der Waals surface area contributed by atoms with E-state index < -0.39 is 195 Å². The Morgan fingerprint density at radius 2 is 0.543 bits per heavy atom.